The summed E-state index contributed by atoms with van der Waals surface area (Å²) in [6.07, 6.45) is 4.30. The van der Waals surface area contributed by atoms with E-state index < -0.39 is 0 Å². The average molecular weight is 395 g/mol. The van der Waals surface area contributed by atoms with E-state index in [0.29, 0.717) is 24.0 Å². The van der Waals surface area contributed by atoms with E-state index in [1.54, 1.807) is 11.3 Å². The van der Waals surface area contributed by atoms with Crippen LogP contribution in [0.1, 0.15) is 37.1 Å². The lowest BCUT2D eigenvalue weighted by atomic mass is 10.1. The second-order valence-corrected chi connectivity index (χ2v) is 8.83. The molecule has 1 N–H and O–H groups in total. The molecular weight excluding hydrogens is 372 g/mol. The van der Waals surface area contributed by atoms with Crippen molar-refractivity contribution in [1.82, 2.24) is 19.6 Å². The number of rotatable bonds is 5. The van der Waals surface area contributed by atoms with Crippen molar-refractivity contribution in [3.8, 4) is 17.1 Å². The van der Waals surface area contributed by atoms with Crippen molar-refractivity contribution in [2.75, 3.05) is 6.61 Å². The third-order valence-corrected chi connectivity index (χ3v) is 6.43. The highest BCUT2D eigenvalue weighted by molar-refractivity contribution is 7.19. The van der Waals surface area contributed by atoms with Crippen LogP contribution in [0.2, 0.25) is 0 Å². The van der Waals surface area contributed by atoms with E-state index in [-0.39, 0.29) is 5.69 Å². The molecule has 0 fully saturated rings. The van der Waals surface area contributed by atoms with Crippen LogP contribution in [0.3, 0.4) is 0 Å². The average Bonchev–Trinajstić information content (AvgIpc) is 3.35. The zero-order chi connectivity index (χ0) is 19.3. The molecule has 0 spiro atoms. The first-order chi connectivity index (χ1) is 13.6. The predicted molar refractivity (Wildman–Crippen MR) is 111 cm³/mol. The summed E-state index contributed by atoms with van der Waals surface area (Å²) in [5.74, 6) is 1.95. The maximum Gasteiger partial charge on any atom is 0.349 e. The fourth-order valence-corrected chi connectivity index (χ4v) is 5.03. The molecule has 0 saturated heterocycles. The predicted octanol–water partition coefficient (Wildman–Crippen LogP) is 4.21. The van der Waals surface area contributed by atoms with E-state index in [9.17, 15) is 4.79 Å². The van der Waals surface area contributed by atoms with E-state index >= 15 is 0 Å². The Morgan fingerprint density at radius 2 is 2.21 bits per heavy atom. The van der Waals surface area contributed by atoms with Gasteiger partial charge >= 0.3 is 5.69 Å². The Kier molecular flexibility index (Phi) is 4.19. The summed E-state index contributed by atoms with van der Waals surface area (Å²) in [7, 11) is 0. The second kappa shape index (κ2) is 6.74. The van der Waals surface area contributed by atoms with E-state index in [2.05, 4.69) is 23.9 Å². The highest BCUT2D eigenvalue weighted by atomic mass is 32.1. The number of hydrogen-bond acceptors (Lipinski definition) is 5. The SMILES string of the molecule is CC(C)CCOc1cccc(-c2nc3c4c5c(sc4[nH]c(=O)n3n2)CCC5)c1. The molecule has 1 aromatic carbocycles. The molecule has 1 aliphatic rings. The number of nitrogens with zero attached hydrogens (tertiary/aromatic N) is 3. The van der Waals surface area contributed by atoms with Gasteiger partial charge in [0.2, 0.25) is 0 Å². The summed E-state index contributed by atoms with van der Waals surface area (Å²) in [5.41, 5.74) is 2.58. The smallest absolute Gasteiger partial charge is 0.349 e. The number of hydrogen-bond donors (Lipinski definition) is 1. The van der Waals surface area contributed by atoms with Crippen molar-refractivity contribution in [3.05, 3.63) is 45.2 Å². The van der Waals surface area contributed by atoms with Crippen LogP contribution in [0.25, 0.3) is 27.3 Å². The topological polar surface area (TPSA) is 72.3 Å². The van der Waals surface area contributed by atoms with Crippen molar-refractivity contribution in [2.45, 2.75) is 39.5 Å². The molecule has 0 atom stereocenters. The van der Waals surface area contributed by atoms with Crippen LogP contribution in [0.15, 0.2) is 29.1 Å². The van der Waals surface area contributed by atoms with Crippen LogP contribution in [-0.4, -0.2) is 26.2 Å². The fourth-order valence-electron chi connectivity index (χ4n) is 3.75. The Morgan fingerprint density at radius 1 is 1.32 bits per heavy atom. The number of nitrogens with one attached hydrogen (secondary N) is 1. The number of ether oxygens (including phenoxy) is 1. The van der Waals surface area contributed by atoms with Gasteiger partial charge in [0.1, 0.15) is 10.6 Å². The van der Waals surface area contributed by atoms with Crippen molar-refractivity contribution >= 4 is 27.2 Å². The molecule has 1 aliphatic carbocycles. The van der Waals surface area contributed by atoms with Crippen molar-refractivity contribution in [2.24, 2.45) is 5.92 Å². The summed E-state index contributed by atoms with van der Waals surface area (Å²) in [6.45, 7) is 5.04. The van der Waals surface area contributed by atoms with Crippen LogP contribution in [0.5, 0.6) is 5.75 Å². The monoisotopic (exact) mass is 394 g/mol. The number of fused-ring (bicyclic) bond motifs is 5. The Labute approximate surface area is 166 Å². The molecule has 4 aromatic rings. The molecule has 7 heteroatoms. The number of benzene rings is 1. The third kappa shape index (κ3) is 2.90. The molecule has 0 aliphatic heterocycles. The maximum absolute atomic E-state index is 12.5. The quantitative estimate of drug-likeness (QED) is 0.550. The number of H-pyrrole nitrogens is 1. The van der Waals surface area contributed by atoms with Crippen LogP contribution in [0, 0.1) is 5.92 Å². The molecule has 3 heterocycles. The minimum Gasteiger partial charge on any atom is -0.494 e. The standard InChI is InChI=1S/C21H22N4O2S/c1-12(2)9-10-27-14-6-3-5-13(11-14)18-22-19-17-15-7-4-8-16(15)28-20(17)23-21(26)25(19)24-18/h3,5-6,11-12H,4,7-10H2,1-2H3,(H,23,26). The molecule has 0 bridgehead atoms. The highest BCUT2D eigenvalue weighted by Gasteiger charge is 2.23. The number of thiophene rings is 1. The van der Waals surface area contributed by atoms with Gasteiger partial charge < -0.3 is 4.74 Å². The van der Waals surface area contributed by atoms with Gasteiger partial charge in [-0.1, -0.05) is 26.0 Å². The fraction of sp³-hybridized carbons (Fsp3) is 0.381. The van der Waals surface area contributed by atoms with Gasteiger partial charge in [-0.3, -0.25) is 4.98 Å². The van der Waals surface area contributed by atoms with Crippen LogP contribution >= 0.6 is 11.3 Å². The minimum absolute atomic E-state index is 0.245. The third-order valence-electron chi connectivity index (χ3n) is 5.22. The summed E-state index contributed by atoms with van der Waals surface area (Å²) in [5, 5.41) is 5.55. The number of aromatic amines is 1. The normalized spacial score (nSPS) is 13.7. The first kappa shape index (κ1) is 17.4. The summed E-state index contributed by atoms with van der Waals surface area (Å²) < 4.78 is 7.26. The molecule has 0 unspecified atom stereocenters. The largest absolute Gasteiger partial charge is 0.494 e. The first-order valence-electron chi connectivity index (χ1n) is 9.76. The Balaban J connectivity index is 1.58. The molecular formula is C21H22N4O2S. The van der Waals surface area contributed by atoms with Crippen molar-refractivity contribution in [1.29, 1.82) is 0 Å². The van der Waals surface area contributed by atoms with Gasteiger partial charge in [0.25, 0.3) is 0 Å². The first-order valence-corrected chi connectivity index (χ1v) is 10.6. The molecule has 144 valence electrons. The Morgan fingerprint density at radius 3 is 3.07 bits per heavy atom. The summed E-state index contributed by atoms with van der Waals surface area (Å²) in [6, 6.07) is 7.77. The molecule has 0 amide bonds. The van der Waals surface area contributed by atoms with Crippen LogP contribution < -0.4 is 10.4 Å². The lowest BCUT2D eigenvalue weighted by Gasteiger charge is -2.08. The zero-order valence-corrected chi connectivity index (χ0v) is 16.8. The Bertz CT molecular complexity index is 1230. The van der Waals surface area contributed by atoms with Gasteiger partial charge in [-0.05, 0) is 49.3 Å². The van der Waals surface area contributed by atoms with Crippen molar-refractivity contribution < 1.29 is 4.74 Å². The van der Waals surface area contributed by atoms with Gasteiger partial charge in [0.05, 0.1) is 12.0 Å². The second-order valence-electron chi connectivity index (χ2n) is 7.72. The maximum atomic E-state index is 12.5. The summed E-state index contributed by atoms with van der Waals surface area (Å²) >= 11 is 1.68. The van der Waals surface area contributed by atoms with Crippen LogP contribution in [0.4, 0.5) is 0 Å². The lowest BCUT2D eigenvalue weighted by molar-refractivity contribution is 0.289. The number of aryl methyl sites for hydroxylation is 2. The van der Waals surface area contributed by atoms with Gasteiger partial charge in [-0.2, -0.15) is 4.52 Å². The van der Waals surface area contributed by atoms with Gasteiger partial charge in [-0.25, -0.2) is 9.78 Å². The highest BCUT2D eigenvalue weighted by Crippen LogP contribution is 2.37. The van der Waals surface area contributed by atoms with Crippen molar-refractivity contribution in [3.63, 3.8) is 0 Å². The molecule has 6 nitrogen and oxygen atoms in total. The van der Waals surface area contributed by atoms with E-state index in [0.717, 1.165) is 40.8 Å². The molecule has 28 heavy (non-hydrogen) atoms. The molecule has 5 rings (SSSR count). The molecule has 3 aromatic heterocycles. The Hall–Kier alpha value is -2.67. The summed E-state index contributed by atoms with van der Waals surface area (Å²) in [4.78, 5) is 22.5. The molecule has 0 saturated carbocycles. The minimum atomic E-state index is -0.245. The zero-order valence-electron chi connectivity index (χ0n) is 16.0. The van der Waals surface area contributed by atoms with E-state index in [1.165, 1.54) is 21.4 Å². The molecule has 0 radical (unpaired) electrons. The van der Waals surface area contributed by atoms with E-state index in [1.807, 2.05) is 24.3 Å². The van der Waals surface area contributed by atoms with Crippen LogP contribution in [-0.2, 0) is 12.8 Å². The van der Waals surface area contributed by atoms with Gasteiger partial charge in [-0.15, -0.1) is 16.4 Å². The van der Waals surface area contributed by atoms with Gasteiger partial charge in [0.15, 0.2) is 11.5 Å². The lowest BCUT2D eigenvalue weighted by Crippen LogP contribution is -2.17. The van der Waals surface area contributed by atoms with Gasteiger partial charge in [0, 0.05) is 10.4 Å². The van der Waals surface area contributed by atoms with E-state index in [4.69, 9.17) is 9.72 Å². The number of aromatic nitrogens is 4.